The van der Waals surface area contributed by atoms with Gasteiger partial charge in [-0.1, -0.05) is 0 Å². The summed E-state index contributed by atoms with van der Waals surface area (Å²) in [5.74, 6) is -1.29. The zero-order valence-corrected chi connectivity index (χ0v) is 15.2. The van der Waals surface area contributed by atoms with Gasteiger partial charge < -0.3 is 9.52 Å². The van der Waals surface area contributed by atoms with Crippen LogP contribution in [0.15, 0.2) is 47.1 Å². The molecule has 0 bridgehead atoms. The molecule has 1 aliphatic rings. The molecule has 0 aliphatic heterocycles. The van der Waals surface area contributed by atoms with Crippen molar-refractivity contribution in [1.29, 1.82) is 0 Å². The number of hydrogen-bond acceptors (Lipinski definition) is 8. The zero-order chi connectivity index (χ0) is 22.4. The minimum atomic E-state index is -1.54. The minimum Gasteiger partial charge on any atom is -0.478 e. The number of nitrogens with zero attached hydrogens (tertiary/aromatic N) is 3. The highest BCUT2D eigenvalue weighted by Gasteiger charge is 2.38. The molecule has 1 heterocycles. The average Bonchev–Trinajstić information content (AvgIpc) is 3.33. The molecule has 0 unspecified atom stereocenters. The highest BCUT2D eigenvalue weighted by Crippen LogP contribution is 2.53. The molecule has 31 heavy (non-hydrogen) atoms. The Labute approximate surface area is 171 Å². The van der Waals surface area contributed by atoms with Crippen LogP contribution in [0.1, 0.15) is 27.2 Å². The van der Waals surface area contributed by atoms with Crippen molar-refractivity contribution in [2.75, 3.05) is 0 Å². The number of benzene rings is 2. The summed E-state index contributed by atoms with van der Waals surface area (Å²) in [5, 5.41) is 44.1. The van der Waals surface area contributed by atoms with Gasteiger partial charge in [0, 0.05) is 29.3 Å². The smallest absolute Gasteiger partial charge is 0.336 e. The van der Waals surface area contributed by atoms with Crippen molar-refractivity contribution < 1.29 is 29.1 Å². The van der Waals surface area contributed by atoms with E-state index in [1.54, 1.807) is 6.07 Å². The van der Waals surface area contributed by atoms with Crippen LogP contribution in [0.5, 0.6) is 0 Å². The second-order valence-electron chi connectivity index (χ2n) is 6.45. The summed E-state index contributed by atoms with van der Waals surface area (Å²) in [6, 6.07) is 6.75. The van der Waals surface area contributed by atoms with E-state index in [1.165, 1.54) is 18.4 Å². The van der Waals surface area contributed by atoms with Crippen LogP contribution in [-0.4, -0.2) is 25.8 Å². The zero-order valence-electron chi connectivity index (χ0n) is 15.2. The highest BCUT2D eigenvalue weighted by molar-refractivity contribution is 6.14. The molecule has 1 N–H and O–H groups in total. The average molecular weight is 423 g/mol. The van der Waals surface area contributed by atoms with Gasteiger partial charge in [0.15, 0.2) is 0 Å². The molecule has 0 saturated carbocycles. The first-order chi connectivity index (χ1) is 14.7. The lowest BCUT2D eigenvalue weighted by atomic mass is 9.97. The van der Waals surface area contributed by atoms with Crippen molar-refractivity contribution in [3.63, 3.8) is 0 Å². The molecule has 1 aromatic heterocycles. The number of rotatable bonds is 5. The number of carbonyl (C=O) groups is 1. The number of non-ortho nitro benzene ring substituents is 2. The van der Waals surface area contributed by atoms with E-state index in [4.69, 9.17) is 4.42 Å². The van der Waals surface area contributed by atoms with Crippen molar-refractivity contribution >= 4 is 34.7 Å². The molecule has 2 aromatic carbocycles. The predicted molar refractivity (Wildman–Crippen MR) is 104 cm³/mol. The summed E-state index contributed by atoms with van der Waals surface area (Å²) in [4.78, 5) is 43.8. The lowest BCUT2D eigenvalue weighted by Gasteiger charge is -2.06. The molecule has 0 fully saturated rings. The molecule has 0 spiro atoms. The third-order valence-electron chi connectivity index (χ3n) is 4.73. The summed E-state index contributed by atoms with van der Waals surface area (Å²) in [5.41, 5.74) is -2.53. The fraction of sp³-hybridized carbons (Fsp3) is 0. The molecule has 0 amide bonds. The third kappa shape index (κ3) is 3.07. The monoisotopic (exact) mass is 423 g/mol. The maximum absolute atomic E-state index is 11.9. The molecular formula is C19H9N3O9. The van der Waals surface area contributed by atoms with Crippen molar-refractivity contribution in [2.45, 2.75) is 0 Å². The maximum Gasteiger partial charge on any atom is 0.336 e. The number of aromatic carboxylic acids is 1. The standard InChI is InChI=1S/C19H9N3O9/c23-19(24)15-6-9(20(25)26)4-13-12(8-11-2-1-3-31-11)14-5-10(21(27)28)7-16(22(29)30)18(14)17(13)15/h1-8H,(H,23,24). The van der Waals surface area contributed by atoms with Crippen LogP contribution in [-0.2, 0) is 0 Å². The Balaban J connectivity index is 2.20. The van der Waals surface area contributed by atoms with Gasteiger partial charge in [0.2, 0.25) is 0 Å². The van der Waals surface area contributed by atoms with E-state index in [9.17, 15) is 40.2 Å². The Morgan fingerprint density at radius 3 is 2.03 bits per heavy atom. The van der Waals surface area contributed by atoms with Crippen LogP contribution in [0, 0.1) is 30.3 Å². The summed E-state index contributed by atoms with van der Waals surface area (Å²) in [6.07, 6.45) is 2.72. The quantitative estimate of drug-likeness (QED) is 0.362. The number of hydrogen-bond donors (Lipinski definition) is 1. The number of nitro benzene ring substituents is 3. The molecule has 3 aromatic rings. The lowest BCUT2D eigenvalue weighted by molar-refractivity contribution is -0.393. The Bertz CT molecular complexity index is 1260. The lowest BCUT2D eigenvalue weighted by Crippen LogP contribution is -2.03. The van der Waals surface area contributed by atoms with E-state index in [0.29, 0.717) is 0 Å². The fourth-order valence-corrected chi connectivity index (χ4v) is 3.54. The molecule has 0 saturated heterocycles. The van der Waals surface area contributed by atoms with Crippen molar-refractivity contribution in [3.8, 4) is 11.1 Å². The van der Waals surface area contributed by atoms with Gasteiger partial charge in [-0.05, 0) is 29.3 Å². The van der Waals surface area contributed by atoms with Gasteiger partial charge in [-0.25, -0.2) is 4.79 Å². The number of furan rings is 1. The number of carboxylic acids is 1. The SMILES string of the molecule is O=C(O)c1cc([N+](=O)[O-])cc2c1-c1c(cc([N+](=O)[O-])cc1[N+](=O)[O-])C2=Cc1ccco1. The largest absolute Gasteiger partial charge is 0.478 e. The Morgan fingerprint density at radius 1 is 0.903 bits per heavy atom. The molecule has 1 aliphatic carbocycles. The third-order valence-corrected chi connectivity index (χ3v) is 4.73. The second kappa shape index (κ2) is 6.88. The van der Waals surface area contributed by atoms with E-state index in [0.717, 1.165) is 24.3 Å². The first kappa shape index (κ1) is 19.4. The van der Waals surface area contributed by atoms with Gasteiger partial charge in [-0.3, -0.25) is 30.3 Å². The van der Waals surface area contributed by atoms with Crippen molar-refractivity contribution in [3.05, 3.63) is 95.5 Å². The molecule has 0 radical (unpaired) electrons. The Kier molecular flexibility index (Phi) is 4.31. The van der Waals surface area contributed by atoms with Crippen molar-refractivity contribution in [2.24, 2.45) is 0 Å². The summed E-state index contributed by atoms with van der Waals surface area (Å²) in [6.45, 7) is 0. The van der Waals surface area contributed by atoms with Gasteiger partial charge in [-0.2, -0.15) is 0 Å². The van der Waals surface area contributed by atoms with Gasteiger partial charge in [0.25, 0.3) is 17.1 Å². The van der Waals surface area contributed by atoms with Crippen LogP contribution < -0.4 is 0 Å². The number of nitro groups is 3. The first-order valence-electron chi connectivity index (χ1n) is 8.48. The Morgan fingerprint density at radius 2 is 1.52 bits per heavy atom. The van der Waals surface area contributed by atoms with Gasteiger partial charge in [0.05, 0.1) is 38.2 Å². The maximum atomic E-state index is 11.9. The van der Waals surface area contributed by atoms with E-state index >= 15 is 0 Å². The van der Waals surface area contributed by atoms with Gasteiger partial charge >= 0.3 is 5.97 Å². The normalized spacial score (nSPS) is 13.0. The molecule has 154 valence electrons. The first-order valence-corrected chi connectivity index (χ1v) is 8.48. The van der Waals surface area contributed by atoms with E-state index in [-0.39, 0.29) is 33.6 Å². The molecule has 12 heteroatoms. The Hall–Kier alpha value is -4.87. The van der Waals surface area contributed by atoms with E-state index in [2.05, 4.69) is 0 Å². The number of carboxylic acid groups (broad SMARTS) is 1. The minimum absolute atomic E-state index is 0.00435. The van der Waals surface area contributed by atoms with Crippen LogP contribution in [0.3, 0.4) is 0 Å². The van der Waals surface area contributed by atoms with Crippen LogP contribution in [0.4, 0.5) is 17.1 Å². The van der Waals surface area contributed by atoms with E-state index < -0.39 is 43.4 Å². The summed E-state index contributed by atoms with van der Waals surface area (Å²) < 4.78 is 5.24. The fourth-order valence-electron chi connectivity index (χ4n) is 3.54. The predicted octanol–water partition coefficient (Wildman–Crippen LogP) is 4.27. The summed E-state index contributed by atoms with van der Waals surface area (Å²) >= 11 is 0. The second-order valence-corrected chi connectivity index (χ2v) is 6.45. The van der Waals surface area contributed by atoms with Crippen LogP contribution in [0.25, 0.3) is 22.8 Å². The number of fused-ring (bicyclic) bond motifs is 3. The van der Waals surface area contributed by atoms with Crippen molar-refractivity contribution in [1.82, 2.24) is 0 Å². The highest BCUT2D eigenvalue weighted by atomic mass is 16.6. The van der Waals surface area contributed by atoms with Crippen LogP contribution >= 0.6 is 0 Å². The summed E-state index contributed by atoms with van der Waals surface area (Å²) in [7, 11) is 0. The van der Waals surface area contributed by atoms with Gasteiger partial charge in [-0.15, -0.1) is 0 Å². The molecule has 4 rings (SSSR count). The molecule has 12 nitrogen and oxygen atoms in total. The van der Waals surface area contributed by atoms with E-state index in [1.807, 2.05) is 0 Å². The molecular weight excluding hydrogens is 414 g/mol. The molecule has 0 atom stereocenters. The van der Waals surface area contributed by atoms with Gasteiger partial charge in [0.1, 0.15) is 5.76 Å². The van der Waals surface area contributed by atoms with Crippen LogP contribution in [0.2, 0.25) is 0 Å². The topological polar surface area (TPSA) is 180 Å².